The molecule has 0 saturated carbocycles. The molecule has 1 fully saturated rings. The molecule has 1 atom stereocenters. The van der Waals surface area contributed by atoms with E-state index in [2.05, 4.69) is 15.0 Å². The molecule has 2 rings (SSSR count). The third-order valence-corrected chi connectivity index (χ3v) is 2.49. The van der Waals surface area contributed by atoms with E-state index in [1.165, 1.54) is 0 Å². The van der Waals surface area contributed by atoms with Gasteiger partial charge in [0.25, 0.3) is 0 Å². The van der Waals surface area contributed by atoms with E-state index in [9.17, 15) is 0 Å². The first kappa shape index (κ1) is 11.8. The van der Waals surface area contributed by atoms with Crippen molar-refractivity contribution >= 4 is 11.9 Å². The van der Waals surface area contributed by atoms with Gasteiger partial charge in [0.1, 0.15) is 0 Å². The van der Waals surface area contributed by atoms with E-state index in [1.807, 2.05) is 14.1 Å². The van der Waals surface area contributed by atoms with Gasteiger partial charge in [-0.05, 0) is 6.42 Å². The Hall–Kier alpha value is -1.63. The molecule has 0 aromatic carbocycles. The van der Waals surface area contributed by atoms with Crippen LogP contribution in [0, 0.1) is 5.92 Å². The number of hydrogen-bond donors (Lipinski definition) is 1. The lowest BCUT2D eigenvalue weighted by Crippen LogP contribution is -2.17. The largest absolute Gasteiger partial charge is 0.463 e. The van der Waals surface area contributed by atoms with Crippen LogP contribution < -0.4 is 15.4 Å². The predicted octanol–water partition coefficient (Wildman–Crippen LogP) is -0.0649. The highest BCUT2D eigenvalue weighted by Gasteiger charge is 2.17. The lowest BCUT2D eigenvalue weighted by Gasteiger charge is -2.12. The number of nitrogens with zero attached hydrogens (tertiary/aromatic N) is 4. The Morgan fingerprint density at radius 2 is 2.24 bits per heavy atom. The van der Waals surface area contributed by atoms with Gasteiger partial charge < -0.3 is 20.1 Å². The highest BCUT2D eigenvalue weighted by Crippen LogP contribution is 2.15. The van der Waals surface area contributed by atoms with Crippen molar-refractivity contribution in [3.05, 3.63) is 0 Å². The Labute approximate surface area is 100.0 Å². The zero-order valence-corrected chi connectivity index (χ0v) is 10.1. The Morgan fingerprint density at radius 3 is 2.88 bits per heavy atom. The van der Waals surface area contributed by atoms with Crippen LogP contribution in [0.5, 0.6) is 6.01 Å². The highest BCUT2D eigenvalue weighted by molar-refractivity contribution is 5.33. The lowest BCUT2D eigenvalue weighted by atomic mass is 10.1. The topological polar surface area (TPSA) is 86.4 Å². The van der Waals surface area contributed by atoms with Crippen LogP contribution in [0.1, 0.15) is 6.42 Å². The summed E-state index contributed by atoms with van der Waals surface area (Å²) in [5.41, 5.74) is 5.59. The van der Waals surface area contributed by atoms with Gasteiger partial charge in [-0.25, -0.2) is 0 Å². The third kappa shape index (κ3) is 3.16. The summed E-state index contributed by atoms with van der Waals surface area (Å²) < 4.78 is 10.8. The van der Waals surface area contributed by atoms with Crippen molar-refractivity contribution in [1.29, 1.82) is 0 Å². The van der Waals surface area contributed by atoms with Crippen LogP contribution in [-0.4, -0.2) is 48.9 Å². The van der Waals surface area contributed by atoms with E-state index in [1.54, 1.807) is 4.90 Å². The molecular weight excluding hydrogens is 222 g/mol. The number of ether oxygens (including phenoxy) is 2. The molecule has 7 heteroatoms. The Kier molecular flexibility index (Phi) is 3.58. The molecule has 94 valence electrons. The maximum Gasteiger partial charge on any atom is 0.323 e. The van der Waals surface area contributed by atoms with Crippen LogP contribution in [0.15, 0.2) is 0 Å². The fourth-order valence-electron chi connectivity index (χ4n) is 1.53. The first-order valence-corrected chi connectivity index (χ1v) is 5.54. The second-order valence-electron chi connectivity index (χ2n) is 4.21. The molecular formula is C10H17N5O2. The van der Waals surface area contributed by atoms with Crippen LogP contribution in [0.4, 0.5) is 11.9 Å². The summed E-state index contributed by atoms with van der Waals surface area (Å²) in [5, 5.41) is 0. The van der Waals surface area contributed by atoms with Crippen LogP contribution in [0.2, 0.25) is 0 Å². The summed E-state index contributed by atoms with van der Waals surface area (Å²) in [6.07, 6.45) is 1.01. The highest BCUT2D eigenvalue weighted by atomic mass is 16.5. The zero-order chi connectivity index (χ0) is 12.3. The van der Waals surface area contributed by atoms with E-state index in [0.29, 0.717) is 18.5 Å². The first-order valence-electron chi connectivity index (χ1n) is 5.54. The van der Waals surface area contributed by atoms with Gasteiger partial charge in [-0.2, -0.15) is 15.0 Å². The van der Waals surface area contributed by atoms with Crippen LogP contribution in [0.3, 0.4) is 0 Å². The van der Waals surface area contributed by atoms with E-state index in [-0.39, 0.29) is 12.0 Å². The molecule has 1 aliphatic rings. The minimum atomic E-state index is 0.168. The zero-order valence-electron chi connectivity index (χ0n) is 10.1. The normalized spacial score (nSPS) is 19.3. The molecule has 1 aliphatic heterocycles. The van der Waals surface area contributed by atoms with Crippen LogP contribution in [0.25, 0.3) is 0 Å². The van der Waals surface area contributed by atoms with Gasteiger partial charge in [0.2, 0.25) is 11.9 Å². The minimum absolute atomic E-state index is 0.168. The Bertz CT molecular complexity index is 379. The standard InChI is InChI=1S/C10H17N5O2/c1-15(2)9-12-8(11)13-10(14-9)17-6-7-3-4-16-5-7/h7H,3-6H2,1-2H3,(H2,11,12,13,14). The van der Waals surface area contributed by atoms with Gasteiger partial charge in [-0.1, -0.05) is 0 Å². The maximum absolute atomic E-state index is 5.59. The number of aromatic nitrogens is 3. The number of nitrogens with two attached hydrogens (primary N) is 1. The lowest BCUT2D eigenvalue weighted by molar-refractivity contribution is 0.163. The third-order valence-electron chi connectivity index (χ3n) is 2.49. The van der Waals surface area contributed by atoms with Crippen molar-refractivity contribution in [2.24, 2.45) is 5.92 Å². The van der Waals surface area contributed by atoms with Gasteiger partial charge in [0, 0.05) is 26.6 Å². The van der Waals surface area contributed by atoms with Crippen molar-refractivity contribution in [2.45, 2.75) is 6.42 Å². The summed E-state index contributed by atoms with van der Waals surface area (Å²) in [5.74, 6) is 1.08. The second-order valence-corrected chi connectivity index (χ2v) is 4.21. The molecule has 7 nitrogen and oxygen atoms in total. The molecule has 1 unspecified atom stereocenters. The molecule has 0 aliphatic carbocycles. The Balaban J connectivity index is 1.99. The molecule has 0 amide bonds. The molecule has 0 bridgehead atoms. The van der Waals surface area contributed by atoms with Crippen molar-refractivity contribution in [3.63, 3.8) is 0 Å². The van der Waals surface area contributed by atoms with E-state index in [4.69, 9.17) is 15.2 Å². The average Bonchev–Trinajstić information content (AvgIpc) is 2.78. The summed E-state index contributed by atoms with van der Waals surface area (Å²) in [6, 6.07) is 0.271. The number of nitrogen functional groups attached to an aromatic ring is 1. The van der Waals surface area contributed by atoms with Gasteiger partial charge in [0.05, 0.1) is 13.2 Å². The summed E-state index contributed by atoms with van der Waals surface area (Å²) in [7, 11) is 3.67. The van der Waals surface area contributed by atoms with E-state index < -0.39 is 0 Å². The summed E-state index contributed by atoms with van der Waals surface area (Å²) in [4.78, 5) is 13.8. The number of anilines is 2. The average molecular weight is 239 g/mol. The fraction of sp³-hybridized carbons (Fsp3) is 0.700. The van der Waals surface area contributed by atoms with E-state index >= 15 is 0 Å². The molecule has 17 heavy (non-hydrogen) atoms. The number of rotatable bonds is 4. The van der Waals surface area contributed by atoms with Gasteiger partial charge in [0.15, 0.2) is 0 Å². The quantitative estimate of drug-likeness (QED) is 0.787. The van der Waals surface area contributed by atoms with Crippen molar-refractivity contribution in [2.75, 3.05) is 44.5 Å². The molecule has 1 aromatic heterocycles. The second kappa shape index (κ2) is 5.13. The predicted molar refractivity (Wildman–Crippen MR) is 63.0 cm³/mol. The van der Waals surface area contributed by atoms with Crippen molar-refractivity contribution in [1.82, 2.24) is 15.0 Å². The summed E-state index contributed by atoms with van der Waals surface area (Å²) in [6.45, 7) is 2.09. The number of hydrogen-bond acceptors (Lipinski definition) is 7. The molecule has 2 N–H and O–H groups in total. The maximum atomic E-state index is 5.59. The van der Waals surface area contributed by atoms with E-state index in [0.717, 1.165) is 19.6 Å². The molecule has 1 saturated heterocycles. The first-order chi connectivity index (χ1) is 8.15. The van der Waals surface area contributed by atoms with Gasteiger partial charge in [-0.15, -0.1) is 0 Å². The molecule has 2 heterocycles. The monoisotopic (exact) mass is 239 g/mol. The fourth-order valence-corrected chi connectivity index (χ4v) is 1.53. The van der Waals surface area contributed by atoms with Crippen LogP contribution in [-0.2, 0) is 4.74 Å². The SMILES string of the molecule is CN(C)c1nc(N)nc(OCC2CCOC2)n1. The van der Waals surface area contributed by atoms with Crippen molar-refractivity contribution < 1.29 is 9.47 Å². The molecule has 0 radical (unpaired) electrons. The van der Waals surface area contributed by atoms with Crippen molar-refractivity contribution in [3.8, 4) is 6.01 Å². The van der Waals surface area contributed by atoms with Gasteiger partial charge in [-0.3, -0.25) is 0 Å². The molecule has 1 aromatic rings. The minimum Gasteiger partial charge on any atom is -0.463 e. The van der Waals surface area contributed by atoms with Gasteiger partial charge >= 0.3 is 6.01 Å². The smallest absolute Gasteiger partial charge is 0.323 e. The molecule has 0 spiro atoms. The van der Waals surface area contributed by atoms with Crippen LogP contribution >= 0.6 is 0 Å². The Morgan fingerprint density at radius 1 is 1.41 bits per heavy atom. The summed E-state index contributed by atoms with van der Waals surface area (Å²) >= 11 is 0.